The van der Waals surface area contributed by atoms with Gasteiger partial charge in [0, 0.05) is 25.6 Å². The first-order valence-corrected chi connectivity index (χ1v) is 6.48. The van der Waals surface area contributed by atoms with Gasteiger partial charge >= 0.3 is 0 Å². The van der Waals surface area contributed by atoms with Crippen molar-refractivity contribution in [1.82, 2.24) is 9.78 Å². The van der Waals surface area contributed by atoms with Gasteiger partial charge in [-0.1, -0.05) is 6.92 Å². The molecular formula is C13H22N4O. The number of carbonyl (C=O) groups excluding carboxylic acids is 1. The molecule has 18 heavy (non-hydrogen) atoms. The smallest absolute Gasteiger partial charge is 0.226 e. The van der Waals surface area contributed by atoms with Crippen LogP contribution in [0.2, 0.25) is 0 Å². The molecule has 100 valence electrons. The number of rotatable bonds is 1. The van der Waals surface area contributed by atoms with Crippen molar-refractivity contribution in [1.29, 1.82) is 0 Å². The lowest BCUT2D eigenvalue weighted by Crippen LogP contribution is -2.43. The third-order valence-electron chi connectivity index (χ3n) is 3.32. The highest BCUT2D eigenvalue weighted by atomic mass is 16.1. The molecule has 1 amide bonds. The van der Waals surface area contributed by atoms with E-state index in [1.54, 1.807) is 0 Å². The van der Waals surface area contributed by atoms with Crippen molar-refractivity contribution >= 4 is 17.4 Å². The van der Waals surface area contributed by atoms with E-state index in [1.165, 1.54) is 0 Å². The van der Waals surface area contributed by atoms with Gasteiger partial charge in [-0.15, -0.1) is 0 Å². The molecule has 0 saturated heterocycles. The first kappa shape index (κ1) is 12.9. The normalized spacial score (nSPS) is 16.3. The molecule has 2 heterocycles. The topological polar surface area (TPSA) is 50.2 Å². The van der Waals surface area contributed by atoms with Crippen LogP contribution in [0, 0.1) is 0 Å². The summed E-state index contributed by atoms with van der Waals surface area (Å²) in [7, 11) is 1.94. The second-order valence-electron chi connectivity index (χ2n) is 5.74. The molecular weight excluding hydrogens is 228 g/mol. The maximum absolute atomic E-state index is 11.8. The minimum Gasteiger partial charge on any atom is -0.350 e. The molecule has 1 aliphatic heterocycles. The molecule has 0 radical (unpaired) electrons. The van der Waals surface area contributed by atoms with Crippen LogP contribution in [0.3, 0.4) is 0 Å². The molecule has 1 aromatic heterocycles. The van der Waals surface area contributed by atoms with Crippen molar-refractivity contribution in [2.45, 2.75) is 46.1 Å². The van der Waals surface area contributed by atoms with Gasteiger partial charge in [0.1, 0.15) is 5.69 Å². The summed E-state index contributed by atoms with van der Waals surface area (Å²) in [5.74, 6) is 1.09. The van der Waals surface area contributed by atoms with Crippen LogP contribution in [-0.4, -0.2) is 27.8 Å². The van der Waals surface area contributed by atoms with E-state index in [0.717, 1.165) is 30.2 Å². The lowest BCUT2D eigenvalue weighted by molar-refractivity contribution is -0.116. The van der Waals surface area contributed by atoms with E-state index in [1.807, 2.05) is 11.7 Å². The van der Waals surface area contributed by atoms with Gasteiger partial charge in [0.2, 0.25) is 5.91 Å². The summed E-state index contributed by atoms with van der Waals surface area (Å²) in [5.41, 5.74) is 1.81. The lowest BCUT2D eigenvalue weighted by atomic mass is 10.1. The summed E-state index contributed by atoms with van der Waals surface area (Å²) in [4.78, 5) is 14.1. The Morgan fingerprint density at radius 3 is 2.61 bits per heavy atom. The number of hydrogen-bond donors (Lipinski definition) is 1. The Balaban J connectivity index is 2.58. The molecule has 1 aliphatic rings. The van der Waals surface area contributed by atoms with Crippen molar-refractivity contribution in [2.24, 2.45) is 7.05 Å². The number of anilines is 2. The third-order valence-corrected chi connectivity index (χ3v) is 3.32. The lowest BCUT2D eigenvalue weighted by Gasteiger charge is -2.36. The third kappa shape index (κ3) is 2.09. The minimum absolute atomic E-state index is 0.0279. The number of nitrogens with one attached hydrogen (secondary N) is 1. The molecule has 0 saturated carbocycles. The average Bonchev–Trinajstić information content (AvgIpc) is 2.45. The van der Waals surface area contributed by atoms with Gasteiger partial charge in [0.25, 0.3) is 0 Å². The van der Waals surface area contributed by atoms with E-state index in [0.29, 0.717) is 6.42 Å². The summed E-state index contributed by atoms with van der Waals surface area (Å²) in [5, 5.41) is 7.51. The first-order chi connectivity index (χ1) is 8.34. The predicted octanol–water partition coefficient (Wildman–Crippen LogP) is 1.93. The van der Waals surface area contributed by atoms with Gasteiger partial charge < -0.3 is 10.2 Å². The zero-order valence-electron chi connectivity index (χ0n) is 11.9. The molecule has 0 aromatic carbocycles. The van der Waals surface area contributed by atoms with Gasteiger partial charge in [0.15, 0.2) is 5.82 Å². The van der Waals surface area contributed by atoms with Gasteiger partial charge in [-0.2, -0.15) is 5.10 Å². The van der Waals surface area contributed by atoms with Crippen LogP contribution in [-0.2, 0) is 18.3 Å². The maximum atomic E-state index is 11.8. The van der Waals surface area contributed by atoms with Crippen LogP contribution in [0.25, 0.3) is 0 Å². The molecule has 2 rings (SSSR count). The average molecular weight is 250 g/mol. The Bertz CT molecular complexity index is 470. The van der Waals surface area contributed by atoms with E-state index in [4.69, 9.17) is 0 Å². The van der Waals surface area contributed by atoms with Crippen molar-refractivity contribution in [3.63, 3.8) is 0 Å². The fourth-order valence-corrected chi connectivity index (χ4v) is 2.43. The number of hydrogen-bond acceptors (Lipinski definition) is 3. The summed E-state index contributed by atoms with van der Waals surface area (Å²) in [6.07, 6.45) is 1.34. The van der Waals surface area contributed by atoms with E-state index in [-0.39, 0.29) is 11.4 Å². The van der Waals surface area contributed by atoms with Crippen LogP contribution < -0.4 is 10.2 Å². The van der Waals surface area contributed by atoms with Gasteiger partial charge in [-0.3, -0.25) is 9.48 Å². The van der Waals surface area contributed by atoms with Crippen LogP contribution in [0.5, 0.6) is 0 Å². The zero-order valence-corrected chi connectivity index (χ0v) is 11.9. The molecule has 0 spiro atoms. The molecule has 5 heteroatoms. The summed E-state index contributed by atoms with van der Waals surface area (Å²) >= 11 is 0. The molecule has 0 bridgehead atoms. The summed E-state index contributed by atoms with van der Waals surface area (Å²) in [6.45, 7) is 9.26. The minimum atomic E-state index is -0.0279. The molecule has 0 atom stereocenters. The summed E-state index contributed by atoms with van der Waals surface area (Å²) in [6, 6.07) is 0. The van der Waals surface area contributed by atoms with E-state index >= 15 is 0 Å². The molecule has 1 aromatic rings. The second kappa shape index (κ2) is 4.30. The zero-order chi connectivity index (χ0) is 13.5. The van der Waals surface area contributed by atoms with Crippen molar-refractivity contribution in [2.75, 3.05) is 16.8 Å². The van der Waals surface area contributed by atoms with Crippen LogP contribution in [0.1, 0.15) is 39.8 Å². The van der Waals surface area contributed by atoms with Crippen molar-refractivity contribution in [3.05, 3.63) is 5.69 Å². The van der Waals surface area contributed by atoms with Crippen molar-refractivity contribution < 1.29 is 4.79 Å². The highest BCUT2D eigenvalue weighted by Crippen LogP contribution is 2.35. The Hall–Kier alpha value is -1.52. The number of amides is 1. The quantitative estimate of drug-likeness (QED) is 0.828. The highest BCUT2D eigenvalue weighted by molar-refractivity contribution is 5.96. The Morgan fingerprint density at radius 1 is 1.39 bits per heavy atom. The molecule has 5 nitrogen and oxygen atoms in total. The molecule has 0 aliphatic carbocycles. The van der Waals surface area contributed by atoms with E-state index in [9.17, 15) is 4.79 Å². The standard InChI is InChI=1S/C13H22N4O/c1-6-9-11-12(16(5)15-9)17(13(2,3)4)8-7-10(18)14-11/h6-8H2,1-5H3,(H,14,18). The van der Waals surface area contributed by atoms with Crippen LogP contribution in [0.4, 0.5) is 11.5 Å². The fraction of sp³-hybridized carbons (Fsp3) is 0.692. The van der Waals surface area contributed by atoms with Gasteiger partial charge in [-0.05, 0) is 27.2 Å². The fourth-order valence-electron chi connectivity index (χ4n) is 2.43. The predicted molar refractivity (Wildman–Crippen MR) is 72.9 cm³/mol. The largest absolute Gasteiger partial charge is 0.350 e. The number of carbonyl (C=O) groups is 1. The number of aryl methyl sites for hydroxylation is 2. The second-order valence-corrected chi connectivity index (χ2v) is 5.74. The highest BCUT2D eigenvalue weighted by Gasteiger charge is 2.32. The number of nitrogens with zero attached hydrogens (tertiary/aromatic N) is 3. The first-order valence-electron chi connectivity index (χ1n) is 6.48. The van der Waals surface area contributed by atoms with E-state index < -0.39 is 0 Å². The molecule has 0 unspecified atom stereocenters. The van der Waals surface area contributed by atoms with Gasteiger partial charge in [0.05, 0.1) is 5.69 Å². The van der Waals surface area contributed by atoms with Gasteiger partial charge in [-0.25, -0.2) is 0 Å². The van der Waals surface area contributed by atoms with E-state index in [2.05, 4.69) is 43.0 Å². The Morgan fingerprint density at radius 2 is 2.06 bits per heavy atom. The Kier molecular flexibility index (Phi) is 3.09. The monoisotopic (exact) mass is 250 g/mol. The SMILES string of the molecule is CCc1nn(C)c2c1NC(=O)CCN2C(C)(C)C. The maximum Gasteiger partial charge on any atom is 0.226 e. The van der Waals surface area contributed by atoms with Crippen molar-refractivity contribution in [3.8, 4) is 0 Å². The Labute approximate surface area is 108 Å². The summed E-state index contributed by atoms with van der Waals surface area (Å²) < 4.78 is 1.88. The van der Waals surface area contributed by atoms with Crippen LogP contribution in [0.15, 0.2) is 0 Å². The number of aromatic nitrogens is 2. The van der Waals surface area contributed by atoms with Crippen LogP contribution >= 0.6 is 0 Å². The molecule has 0 fully saturated rings. The number of fused-ring (bicyclic) bond motifs is 1. The molecule has 1 N–H and O–H groups in total.